The molecule has 4 aliphatic rings. The van der Waals surface area contributed by atoms with Crippen LogP contribution in [0.5, 0.6) is 0 Å². The van der Waals surface area contributed by atoms with Crippen LogP contribution in [-0.4, -0.2) is 262 Å². The number of ether oxygens (including phenoxy) is 5. The first-order valence-corrected chi connectivity index (χ1v) is 48.7. The van der Waals surface area contributed by atoms with E-state index in [4.69, 9.17) is 83.0 Å². The largest absolute Gasteiger partial charge is 0.396 e. The molecule has 8 aromatic carbocycles. The zero-order valence-corrected chi connectivity index (χ0v) is 80.2. The number of carbonyl (C=O) groups excluding carboxylic acids is 6. The topological polar surface area (TPSA) is 500 Å². The quantitative estimate of drug-likeness (QED) is 0.00252. The first kappa shape index (κ1) is 113. The molecular weight excluding hydrogens is 1830 g/mol. The number of primary amides is 3. The smallest absolute Gasteiger partial charge is 0.291 e. The van der Waals surface area contributed by atoms with Crippen LogP contribution in [0.1, 0.15) is 118 Å². The van der Waals surface area contributed by atoms with Gasteiger partial charge in [0.1, 0.15) is 6.29 Å². The van der Waals surface area contributed by atoms with Crippen molar-refractivity contribution in [1.29, 1.82) is 0 Å². The molecule has 730 valence electrons. The lowest BCUT2D eigenvalue weighted by molar-refractivity contribution is -0.742. The van der Waals surface area contributed by atoms with Gasteiger partial charge in [0, 0.05) is 157 Å². The summed E-state index contributed by atoms with van der Waals surface area (Å²) in [6, 6.07) is 64.5. The van der Waals surface area contributed by atoms with Crippen molar-refractivity contribution >= 4 is 129 Å². The van der Waals surface area contributed by atoms with Crippen LogP contribution in [-0.2, 0) is 34.3 Å². The molecule has 0 atom stereocenters. The number of aliphatic hydroxyl groups is 3. The molecule has 6 heterocycles. The number of nitrogens with zero attached hydrogens (tertiary/aromatic N) is 9. The third-order valence-corrected chi connectivity index (χ3v) is 25.2. The number of amides is 3. The summed E-state index contributed by atoms with van der Waals surface area (Å²) in [5, 5.41) is 43.8. The number of aromatic nitrogens is 4. The highest BCUT2D eigenvalue weighted by Crippen LogP contribution is 2.34. The molecule has 0 radical (unpaired) electrons. The Morgan fingerprint density at radius 2 is 0.743 bits per heavy atom. The number of nitrogens with one attached hydrogen (secondary N) is 2. The van der Waals surface area contributed by atoms with Gasteiger partial charge >= 0.3 is 0 Å². The van der Waals surface area contributed by atoms with Crippen molar-refractivity contribution in [1.82, 2.24) is 34.6 Å². The summed E-state index contributed by atoms with van der Waals surface area (Å²) >= 11 is 9.01. The monoisotopic (exact) mass is 1960 g/mol. The van der Waals surface area contributed by atoms with Crippen molar-refractivity contribution in [3.05, 3.63) is 262 Å². The molecule has 0 saturated carbocycles. The summed E-state index contributed by atoms with van der Waals surface area (Å²) in [5.41, 5.74) is 35.8. The number of thioether (sulfide) groups is 5. The second-order valence-corrected chi connectivity index (χ2v) is 35.7. The molecule has 0 bridgehead atoms. The average molecular weight is 1960 g/mol. The Morgan fingerprint density at radius 1 is 0.441 bits per heavy atom. The number of nitrogens with two attached hydrogens (primary N) is 5. The Kier molecular flexibility index (Phi) is 54.6. The summed E-state index contributed by atoms with van der Waals surface area (Å²) in [4.78, 5) is 109. The van der Waals surface area contributed by atoms with Crippen LogP contribution < -0.4 is 39.3 Å². The van der Waals surface area contributed by atoms with E-state index < -0.39 is 28.6 Å². The van der Waals surface area contributed by atoms with Crippen LogP contribution in [0.3, 0.4) is 0 Å². The van der Waals surface area contributed by atoms with E-state index in [0.717, 1.165) is 200 Å². The summed E-state index contributed by atoms with van der Waals surface area (Å²) in [6.45, 7) is 21.3. The minimum atomic E-state index is -1.50. The number of morpholine rings is 3. The standard InChI is InChI=1S/2C24H27N5O2S.C15H21NO2S.C13H16O3S.C11H14O2S.C8H10N4O.C2H6O2.CH4.HNO3/c2*25-23(30)19-2-6-20(7-3-19)27-24-26-11-10-22(28-24)18-4-8-21(9-5-18)32-17-1-12-29-13-15-31-16-14-29;1-13(17)14-3-5-15(6-4-14)19-12-2-7-16-8-10-18-11-9-16;1-13(15-8-9-16-13)11-3-5-12(6-4-11)17-10-2-7-14;1-9(13)10-3-5-11(6-4-10)14-8-2-7-12;9-7(13)5-1-3-6(4-2-5)12-8(10)11;3-1-2-4;;2-1(3)4/h2*2-11H,1,12-17H2,(H2,25,30)(H,26,27,28);3-6H,2,7-12H2,1H3;3-7H,2,8-10H2,1H3;3-6,12H,2,7-8H2,1H3;1-4H,(H2,9,13)(H4,10,11,12);3-4H,1-2H2;1H4;(H,2,3,4). The molecule has 14 rings (SSSR count). The lowest BCUT2D eigenvalue weighted by Crippen LogP contribution is -2.36. The molecule has 136 heavy (non-hydrogen) atoms. The van der Waals surface area contributed by atoms with E-state index in [9.17, 15) is 28.8 Å². The predicted octanol–water partition coefficient (Wildman–Crippen LogP) is 14.2. The Bertz CT molecular complexity index is 4990. The highest BCUT2D eigenvalue weighted by molar-refractivity contribution is 8.00. The molecule has 0 spiro atoms. The molecule has 0 aliphatic carbocycles. The van der Waals surface area contributed by atoms with E-state index >= 15 is 0 Å². The maximum atomic E-state index is 11.2. The number of hydrogen-bond acceptors (Lipinski definition) is 31. The number of benzene rings is 8. The number of aldehydes is 1. The molecular formula is C98H126N16O17S5. The number of Topliss-reactive ketones (excluding diaryl/α,β-unsaturated/α-hetero) is 2. The number of rotatable bonds is 37. The van der Waals surface area contributed by atoms with Crippen LogP contribution in [0, 0.1) is 10.1 Å². The van der Waals surface area contributed by atoms with Crippen LogP contribution in [0.15, 0.2) is 248 Å². The van der Waals surface area contributed by atoms with E-state index in [1.54, 1.807) is 123 Å². The van der Waals surface area contributed by atoms with Crippen molar-refractivity contribution in [3.8, 4) is 22.5 Å². The van der Waals surface area contributed by atoms with Crippen molar-refractivity contribution in [2.24, 2.45) is 33.7 Å². The van der Waals surface area contributed by atoms with Gasteiger partial charge in [0.05, 0.1) is 83.1 Å². The van der Waals surface area contributed by atoms with Gasteiger partial charge in [-0.05, 0) is 229 Å². The summed E-state index contributed by atoms with van der Waals surface area (Å²) in [5.74, 6) is 4.29. The molecule has 4 saturated heterocycles. The fourth-order valence-electron chi connectivity index (χ4n) is 12.6. The van der Waals surface area contributed by atoms with E-state index in [1.165, 1.54) is 33.9 Å². The van der Waals surface area contributed by atoms with Gasteiger partial charge in [0.2, 0.25) is 29.6 Å². The Labute approximate surface area is 816 Å². The highest BCUT2D eigenvalue weighted by atomic mass is 32.2. The molecule has 33 nitrogen and oxygen atoms in total. The van der Waals surface area contributed by atoms with Gasteiger partial charge in [-0.1, -0.05) is 68.1 Å². The molecule has 3 amide bonds. The number of anilines is 4. The van der Waals surface area contributed by atoms with Crippen LogP contribution in [0.4, 0.5) is 29.0 Å². The fourth-order valence-corrected chi connectivity index (χ4v) is 16.8. The summed E-state index contributed by atoms with van der Waals surface area (Å²) in [7, 11) is 0. The fraction of sp³-hybridized carbons (Fsp3) is 0.357. The van der Waals surface area contributed by atoms with Crippen molar-refractivity contribution < 1.29 is 78.1 Å². The number of ketones is 2. The van der Waals surface area contributed by atoms with Crippen molar-refractivity contribution in [2.75, 3.05) is 171 Å². The third-order valence-electron chi connectivity index (χ3n) is 19.8. The maximum Gasteiger partial charge on any atom is 0.291 e. The van der Waals surface area contributed by atoms with Gasteiger partial charge in [-0.25, -0.2) is 24.9 Å². The van der Waals surface area contributed by atoms with Gasteiger partial charge in [0.25, 0.3) is 5.09 Å². The maximum absolute atomic E-state index is 11.2. The first-order valence-electron chi connectivity index (χ1n) is 43.8. The van der Waals surface area contributed by atoms with Gasteiger partial charge in [-0.3, -0.25) is 38.7 Å². The molecule has 0 unspecified atom stereocenters. The Morgan fingerprint density at radius 3 is 1.04 bits per heavy atom. The molecule has 10 aromatic rings. The molecule has 38 heteroatoms. The van der Waals surface area contributed by atoms with E-state index in [0.29, 0.717) is 53.9 Å². The van der Waals surface area contributed by atoms with Gasteiger partial charge in [0.15, 0.2) is 23.3 Å². The Hall–Kier alpha value is -11.3. The SMILES string of the molecule is C.CC(=O)c1ccc(SCCCN2CCOCC2)cc1.CC(=O)c1ccc(SCCCO)cc1.CC1(c2ccc(SCCC=O)cc2)OCCO1.NC(=O)c1ccc(N=C(N)N)cc1.NC(=O)c1ccc(Nc2nccc(-c3ccc(SCCCN4CCOCC4)cc3)n2)cc1.NC(=O)c1ccc(Nc2nccc(-c3ccc(SCCCN4CCOCC4)cc3)n2)cc1.O=[N+]([O-])O.OCCO. The number of aliphatic imine (C=N–C) groups is 1. The number of hydrogen-bond donors (Lipinski definition) is 11. The van der Waals surface area contributed by atoms with Crippen molar-refractivity contribution in [3.63, 3.8) is 0 Å². The normalized spacial score (nSPS) is 13.6. The lowest BCUT2D eigenvalue weighted by Gasteiger charge is -2.26. The number of carbonyl (C=O) groups is 6. The zero-order chi connectivity index (χ0) is 97.2. The van der Waals surface area contributed by atoms with E-state index in [1.807, 2.05) is 127 Å². The van der Waals surface area contributed by atoms with Crippen LogP contribution >= 0.6 is 58.8 Å². The lowest BCUT2D eigenvalue weighted by atomic mass is 10.1. The van der Waals surface area contributed by atoms with E-state index in [-0.39, 0.29) is 44.8 Å². The molecule has 4 fully saturated rings. The van der Waals surface area contributed by atoms with Crippen molar-refractivity contribution in [2.45, 2.75) is 90.6 Å². The minimum Gasteiger partial charge on any atom is -0.396 e. The highest BCUT2D eigenvalue weighted by Gasteiger charge is 2.33. The second kappa shape index (κ2) is 65.5. The zero-order valence-electron chi connectivity index (χ0n) is 76.1. The second-order valence-electron chi connectivity index (χ2n) is 29.9. The number of aliphatic hydroxyl groups excluding tert-OH is 3. The van der Waals surface area contributed by atoms with Gasteiger partial charge in [-0.2, -0.15) is 0 Å². The first-order chi connectivity index (χ1) is 65.3. The summed E-state index contributed by atoms with van der Waals surface area (Å²) in [6.07, 6.45) is 9.35. The van der Waals surface area contributed by atoms with Gasteiger partial charge in [-0.15, -0.1) is 68.9 Å². The molecule has 16 N–H and O–H groups in total. The number of guanidine groups is 1. The minimum absolute atomic E-state index is 0. The van der Waals surface area contributed by atoms with Crippen LogP contribution in [0.2, 0.25) is 0 Å². The van der Waals surface area contributed by atoms with Gasteiger partial charge < -0.3 is 88.3 Å². The van der Waals surface area contributed by atoms with E-state index in [2.05, 4.69) is 98.8 Å². The molecule has 4 aliphatic heterocycles. The third kappa shape index (κ3) is 45.6. The predicted molar refractivity (Wildman–Crippen MR) is 542 cm³/mol. The Balaban J connectivity index is 0.000000254. The average Bonchev–Trinajstić information content (AvgIpc) is 1.76. The molecule has 2 aromatic heterocycles. The summed E-state index contributed by atoms with van der Waals surface area (Å²) < 4.78 is 27.3. The van der Waals surface area contributed by atoms with Crippen LogP contribution in [0.25, 0.3) is 22.5 Å².